The second-order valence-electron chi connectivity index (χ2n) is 9.91. The van der Waals surface area contributed by atoms with Gasteiger partial charge in [-0.1, -0.05) is 18.2 Å². The second-order valence-corrected chi connectivity index (χ2v) is 9.91. The Morgan fingerprint density at radius 2 is 1.85 bits per heavy atom. The van der Waals surface area contributed by atoms with Crippen LogP contribution >= 0.6 is 0 Å². The number of anilines is 1. The van der Waals surface area contributed by atoms with E-state index in [0.717, 1.165) is 5.56 Å². The van der Waals surface area contributed by atoms with Crippen LogP contribution in [-0.4, -0.2) is 75.9 Å². The van der Waals surface area contributed by atoms with Gasteiger partial charge in [0.1, 0.15) is 5.78 Å². The molecule has 1 unspecified atom stereocenters. The summed E-state index contributed by atoms with van der Waals surface area (Å²) in [6.07, 6.45) is 4.97. The van der Waals surface area contributed by atoms with Crippen molar-refractivity contribution in [1.82, 2.24) is 4.90 Å². The lowest BCUT2D eigenvalue weighted by Crippen LogP contribution is -2.78. The summed E-state index contributed by atoms with van der Waals surface area (Å²) in [6, 6.07) is 3.53. The molecule has 9 heteroatoms. The SMILES string of the molecule is COC(=O)N1c2c(ccc(OC)c2OC)[C@@]23C4CN5CC=C[C@@](CC[C@]12C(=O)OC)(CC4=O)[C@H]53. The van der Waals surface area contributed by atoms with E-state index >= 15 is 0 Å². The normalized spacial score (nSPS) is 36.6. The lowest BCUT2D eigenvalue weighted by Gasteiger charge is -2.63. The molecule has 3 aliphatic heterocycles. The number of carbonyl (C=O) groups is 3. The molecule has 1 aromatic rings. The summed E-state index contributed by atoms with van der Waals surface area (Å²) < 4.78 is 22.0. The first-order valence-electron chi connectivity index (χ1n) is 11.5. The predicted octanol–water partition coefficient (Wildman–Crippen LogP) is 2.06. The summed E-state index contributed by atoms with van der Waals surface area (Å²) in [7, 11) is 5.64. The first-order valence-corrected chi connectivity index (χ1v) is 11.5. The van der Waals surface area contributed by atoms with Crippen LogP contribution in [0, 0.1) is 11.3 Å². The van der Waals surface area contributed by atoms with Gasteiger partial charge >= 0.3 is 12.1 Å². The summed E-state index contributed by atoms with van der Waals surface area (Å²) in [6.45, 7) is 1.22. The fourth-order valence-corrected chi connectivity index (χ4v) is 8.26. The van der Waals surface area contributed by atoms with Crippen molar-refractivity contribution >= 4 is 23.5 Å². The fourth-order valence-electron chi connectivity index (χ4n) is 8.26. The molecule has 0 aromatic heterocycles. The van der Waals surface area contributed by atoms with Crippen LogP contribution < -0.4 is 14.4 Å². The minimum atomic E-state index is -1.45. The highest BCUT2D eigenvalue weighted by Crippen LogP contribution is 2.74. The Hall–Kier alpha value is -3.07. The highest BCUT2D eigenvalue weighted by Gasteiger charge is 2.84. The maximum atomic E-state index is 14.0. The van der Waals surface area contributed by atoms with Gasteiger partial charge in [-0.15, -0.1) is 0 Å². The van der Waals surface area contributed by atoms with Gasteiger partial charge < -0.3 is 18.9 Å². The zero-order chi connectivity index (χ0) is 24.0. The van der Waals surface area contributed by atoms with Crippen molar-refractivity contribution in [2.45, 2.75) is 36.3 Å². The van der Waals surface area contributed by atoms with E-state index in [-0.39, 0.29) is 11.8 Å². The minimum absolute atomic E-state index is 0.116. The standard InChI is InChI=1S/C25H28N2O7/c1-31-17-7-6-14-18(19(17)32-2)27(22(30)34-4)24(21(29)33-3)10-9-23-8-5-11-26-13-15(16(28)12-23)25(14,24)20(23)26/h5-8,15,20H,9-13H2,1-4H3/t15?,20-,23+,24+,25-/m0/s1. The van der Waals surface area contributed by atoms with Gasteiger partial charge in [-0.2, -0.15) is 0 Å². The Morgan fingerprint density at radius 1 is 1.06 bits per heavy atom. The number of rotatable bonds is 3. The van der Waals surface area contributed by atoms with Gasteiger partial charge in [-0.25, -0.2) is 9.59 Å². The van der Waals surface area contributed by atoms with Gasteiger partial charge in [0, 0.05) is 36.9 Å². The Bertz CT molecular complexity index is 1160. The number of hydrogen-bond acceptors (Lipinski definition) is 8. The molecule has 5 aliphatic rings. The highest BCUT2D eigenvalue weighted by molar-refractivity contribution is 6.08. The molecule has 3 heterocycles. The van der Waals surface area contributed by atoms with Crippen molar-refractivity contribution in [1.29, 1.82) is 0 Å². The van der Waals surface area contributed by atoms with E-state index in [4.69, 9.17) is 18.9 Å². The quantitative estimate of drug-likeness (QED) is 0.492. The largest absolute Gasteiger partial charge is 0.493 e. The number of ether oxygens (including phenoxy) is 4. The van der Waals surface area contributed by atoms with Gasteiger partial charge in [0.25, 0.3) is 0 Å². The molecule has 5 atom stereocenters. The number of esters is 1. The molecule has 1 amide bonds. The second kappa shape index (κ2) is 6.75. The summed E-state index contributed by atoms with van der Waals surface area (Å²) in [5.74, 6) is -0.142. The van der Waals surface area contributed by atoms with Gasteiger partial charge in [-0.05, 0) is 24.5 Å². The molecule has 0 radical (unpaired) electrons. The van der Waals surface area contributed by atoms with Crippen LogP contribution in [0.1, 0.15) is 24.8 Å². The number of fused-ring (bicyclic) bond motifs is 1. The monoisotopic (exact) mass is 468 g/mol. The summed E-state index contributed by atoms with van der Waals surface area (Å²) >= 11 is 0. The van der Waals surface area contributed by atoms with E-state index in [1.54, 1.807) is 6.07 Å². The van der Waals surface area contributed by atoms with Gasteiger partial charge in [-0.3, -0.25) is 14.6 Å². The first-order chi connectivity index (χ1) is 16.4. The molecule has 4 bridgehead atoms. The Labute approximate surface area is 197 Å². The number of nitrogens with zero attached hydrogens (tertiary/aromatic N) is 2. The number of Topliss-reactive ketones (excluding diaryl/α,β-unsaturated/α-hetero) is 1. The first kappa shape index (κ1) is 21.5. The lowest BCUT2D eigenvalue weighted by molar-refractivity contribution is -0.161. The fraction of sp³-hybridized carbons (Fsp3) is 0.560. The highest BCUT2D eigenvalue weighted by atomic mass is 16.6. The van der Waals surface area contributed by atoms with Gasteiger partial charge in [0.05, 0.1) is 39.5 Å². The zero-order valence-corrected chi connectivity index (χ0v) is 19.8. The Kier molecular flexibility index (Phi) is 4.26. The third-order valence-corrected chi connectivity index (χ3v) is 9.08. The number of methoxy groups -OCH3 is 4. The van der Waals surface area contributed by atoms with E-state index in [0.29, 0.717) is 49.5 Å². The van der Waals surface area contributed by atoms with E-state index in [1.165, 1.54) is 33.3 Å². The van der Waals surface area contributed by atoms with Crippen LogP contribution in [0.15, 0.2) is 24.3 Å². The number of benzene rings is 1. The molecule has 9 nitrogen and oxygen atoms in total. The molecule has 2 saturated carbocycles. The van der Waals surface area contributed by atoms with Crippen molar-refractivity contribution in [3.05, 3.63) is 29.8 Å². The summed E-state index contributed by atoms with van der Waals surface area (Å²) in [5.41, 5.74) is -1.69. The predicted molar refractivity (Wildman–Crippen MR) is 120 cm³/mol. The Morgan fingerprint density at radius 3 is 2.53 bits per heavy atom. The molecule has 2 aliphatic carbocycles. The minimum Gasteiger partial charge on any atom is -0.493 e. The van der Waals surface area contributed by atoms with Gasteiger partial charge in [0.2, 0.25) is 0 Å². The van der Waals surface area contributed by atoms with Crippen molar-refractivity contribution < 1.29 is 33.3 Å². The lowest BCUT2D eigenvalue weighted by atomic mass is 9.42. The molecule has 0 N–H and O–H groups in total. The van der Waals surface area contributed by atoms with E-state index < -0.39 is 34.3 Å². The molecule has 1 spiro atoms. The van der Waals surface area contributed by atoms with Crippen LogP contribution in [0.4, 0.5) is 10.5 Å². The molecular formula is C25H28N2O7. The van der Waals surface area contributed by atoms with Crippen LogP contribution in [0.2, 0.25) is 0 Å². The van der Waals surface area contributed by atoms with Crippen LogP contribution in [-0.2, 0) is 24.5 Å². The third kappa shape index (κ3) is 2.01. The van der Waals surface area contributed by atoms with Crippen LogP contribution in [0.25, 0.3) is 0 Å². The van der Waals surface area contributed by atoms with Crippen molar-refractivity contribution in [2.75, 3.05) is 46.4 Å². The average molecular weight is 469 g/mol. The zero-order valence-electron chi connectivity index (χ0n) is 19.8. The molecule has 1 aromatic carbocycles. The number of hydrogen-bond donors (Lipinski definition) is 0. The van der Waals surface area contributed by atoms with E-state index in [9.17, 15) is 14.4 Å². The summed E-state index contributed by atoms with van der Waals surface area (Å²) in [5, 5.41) is 0. The number of amides is 1. The van der Waals surface area contributed by atoms with Crippen LogP contribution in [0.3, 0.4) is 0 Å². The van der Waals surface area contributed by atoms with Crippen molar-refractivity contribution in [2.24, 2.45) is 11.3 Å². The molecule has 180 valence electrons. The molecule has 1 saturated heterocycles. The summed E-state index contributed by atoms with van der Waals surface area (Å²) in [4.78, 5) is 45.0. The van der Waals surface area contributed by atoms with Crippen molar-refractivity contribution in [3.63, 3.8) is 0 Å². The number of ketones is 1. The van der Waals surface area contributed by atoms with Gasteiger partial charge in [0.15, 0.2) is 17.0 Å². The van der Waals surface area contributed by atoms with Crippen LogP contribution in [0.5, 0.6) is 11.5 Å². The molecule has 34 heavy (non-hydrogen) atoms. The average Bonchev–Trinajstić information content (AvgIpc) is 3.32. The molecule has 6 rings (SSSR count). The molecule has 3 fully saturated rings. The number of carbonyl (C=O) groups excluding carboxylic acids is 3. The van der Waals surface area contributed by atoms with Crippen molar-refractivity contribution in [3.8, 4) is 11.5 Å². The molecular weight excluding hydrogens is 440 g/mol. The van der Waals surface area contributed by atoms with E-state index in [2.05, 4.69) is 17.1 Å². The topological polar surface area (TPSA) is 94.6 Å². The maximum absolute atomic E-state index is 14.0. The van der Waals surface area contributed by atoms with E-state index in [1.807, 2.05) is 6.07 Å². The Balaban J connectivity index is 1.79. The smallest absolute Gasteiger partial charge is 0.415 e. The maximum Gasteiger partial charge on any atom is 0.415 e. The third-order valence-electron chi connectivity index (χ3n) is 9.08.